The molecule has 2 N–H and O–H groups in total. The lowest BCUT2D eigenvalue weighted by Crippen LogP contribution is -2.48. The molecule has 0 bridgehead atoms. The molecule has 2 atom stereocenters. The molecule has 0 saturated carbocycles. The van der Waals surface area contributed by atoms with Crippen molar-refractivity contribution >= 4 is 5.91 Å². The summed E-state index contributed by atoms with van der Waals surface area (Å²) in [6.45, 7) is 2.98. The summed E-state index contributed by atoms with van der Waals surface area (Å²) in [5, 5.41) is 10.9. The summed E-state index contributed by atoms with van der Waals surface area (Å²) in [7, 11) is 1.90. The highest BCUT2D eigenvalue weighted by Crippen LogP contribution is 2.24. The molecule has 1 aliphatic heterocycles. The van der Waals surface area contributed by atoms with E-state index in [1.165, 1.54) is 11.1 Å². The largest absolute Gasteiger partial charge is 0.348 e. The third-order valence-electron chi connectivity index (χ3n) is 4.45. The molecular formula is C18H24N4O. The van der Waals surface area contributed by atoms with Gasteiger partial charge in [0, 0.05) is 37.8 Å². The minimum atomic E-state index is -0.0145. The number of nitrogens with one attached hydrogen (secondary N) is 2. The molecule has 2 heterocycles. The highest BCUT2D eigenvalue weighted by molar-refractivity contribution is 5.77. The Hall–Kier alpha value is -2.14. The van der Waals surface area contributed by atoms with Gasteiger partial charge in [-0.1, -0.05) is 31.2 Å². The Morgan fingerprint density at radius 3 is 2.96 bits per heavy atom. The van der Waals surface area contributed by atoms with Gasteiger partial charge in [0.15, 0.2) is 0 Å². The molecule has 0 unspecified atom stereocenters. The molecule has 5 heteroatoms. The Labute approximate surface area is 137 Å². The maximum absolute atomic E-state index is 11.8. The summed E-state index contributed by atoms with van der Waals surface area (Å²) in [6, 6.07) is 8.86. The molecular weight excluding hydrogens is 288 g/mol. The van der Waals surface area contributed by atoms with Crippen LogP contribution in [0, 0.1) is 0 Å². The molecule has 0 aliphatic carbocycles. The minimum Gasteiger partial charge on any atom is -0.348 e. The van der Waals surface area contributed by atoms with Crippen molar-refractivity contribution < 1.29 is 4.79 Å². The minimum absolute atomic E-state index is 0.0145. The van der Waals surface area contributed by atoms with E-state index in [1.807, 2.05) is 19.4 Å². The highest BCUT2D eigenvalue weighted by Gasteiger charge is 2.30. The zero-order valence-electron chi connectivity index (χ0n) is 13.7. The number of amides is 1. The second-order valence-corrected chi connectivity index (χ2v) is 6.19. The van der Waals surface area contributed by atoms with Crippen LogP contribution in [0.2, 0.25) is 0 Å². The van der Waals surface area contributed by atoms with Crippen molar-refractivity contribution in [1.29, 1.82) is 0 Å². The Morgan fingerprint density at radius 2 is 2.22 bits per heavy atom. The summed E-state index contributed by atoms with van der Waals surface area (Å²) in [5.74, 6) is 0.116. The summed E-state index contributed by atoms with van der Waals surface area (Å²) in [5.41, 5.74) is 3.69. The predicted octanol–water partition coefficient (Wildman–Crippen LogP) is 2.09. The number of benzene rings is 1. The van der Waals surface area contributed by atoms with E-state index in [1.54, 1.807) is 4.68 Å². The molecule has 2 aromatic rings. The van der Waals surface area contributed by atoms with Gasteiger partial charge in [-0.15, -0.1) is 0 Å². The van der Waals surface area contributed by atoms with E-state index >= 15 is 0 Å². The van der Waals surface area contributed by atoms with Crippen LogP contribution >= 0.6 is 0 Å². The molecule has 5 nitrogen and oxygen atoms in total. The molecule has 1 aliphatic rings. The van der Waals surface area contributed by atoms with Gasteiger partial charge in [0.2, 0.25) is 5.91 Å². The van der Waals surface area contributed by atoms with Crippen LogP contribution in [0.3, 0.4) is 0 Å². The predicted molar refractivity (Wildman–Crippen MR) is 89.8 cm³/mol. The maximum atomic E-state index is 11.8. The van der Waals surface area contributed by atoms with E-state index in [0.29, 0.717) is 6.42 Å². The molecule has 122 valence electrons. The Bertz CT molecular complexity index is 679. The van der Waals surface area contributed by atoms with Gasteiger partial charge in [-0.3, -0.25) is 9.48 Å². The van der Waals surface area contributed by atoms with Crippen LogP contribution in [0.1, 0.15) is 42.5 Å². The van der Waals surface area contributed by atoms with E-state index in [-0.39, 0.29) is 18.0 Å². The van der Waals surface area contributed by atoms with Crippen molar-refractivity contribution in [3.8, 4) is 0 Å². The third-order valence-corrected chi connectivity index (χ3v) is 4.45. The molecule has 1 saturated heterocycles. The molecule has 1 amide bonds. The van der Waals surface area contributed by atoms with Gasteiger partial charge >= 0.3 is 0 Å². The average molecular weight is 312 g/mol. The number of nitrogens with zero attached hydrogens (tertiary/aromatic N) is 2. The number of carbonyl (C=O) groups excluding carboxylic acids is 1. The van der Waals surface area contributed by atoms with Gasteiger partial charge in [0.05, 0.1) is 12.2 Å². The van der Waals surface area contributed by atoms with Crippen molar-refractivity contribution in [3.63, 3.8) is 0 Å². The first kappa shape index (κ1) is 15.7. The van der Waals surface area contributed by atoms with Crippen molar-refractivity contribution in [2.45, 2.75) is 44.8 Å². The first-order chi connectivity index (χ1) is 11.2. The van der Waals surface area contributed by atoms with Gasteiger partial charge in [-0.25, -0.2) is 0 Å². The fourth-order valence-corrected chi connectivity index (χ4v) is 3.14. The van der Waals surface area contributed by atoms with Crippen LogP contribution in [0.4, 0.5) is 0 Å². The van der Waals surface area contributed by atoms with E-state index < -0.39 is 0 Å². The van der Waals surface area contributed by atoms with Crippen LogP contribution in [0.15, 0.2) is 36.7 Å². The molecule has 0 radical (unpaired) electrons. The zero-order valence-corrected chi connectivity index (χ0v) is 13.7. The normalized spacial score (nSPS) is 21.2. The monoisotopic (exact) mass is 312 g/mol. The van der Waals surface area contributed by atoms with Crippen molar-refractivity contribution in [1.82, 2.24) is 20.4 Å². The van der Waals surface area contributed by atoms with Gasteiger partial charge in [0.1, 0.15) is 0 Å². The van der Waals surface area contributed by atoms with E-state index in [4.69, 9.17) is 0 Å². The summed E-state index contributed by atoms with van der Waals surface area (Å²) >= 11 is 0. The number of rotatable bonds is 5. The Balaban J connectivity index is 1.70. The van der Waals surface area contributed by atoms with Crippen molar-refractivity contribution in [2.24, 2.45) is 7.05 Å². The Kier molecular flexibility index (Phi) is 4.76. The van der Waals surface area contributed by atoms with Crippen molar-refractivity contribution in [2.75, 3.05) is 0 Å². The highest BCUT2D eigenvalue weighted by atomic mass is 16.1. The van der Waals surface area contributed by atoms with Gasteiger partial charge in [-0.2, -0.15) is 5.10 Å². The van der Waals surface area contributed by atoms with E-state index in [2.05, 4.69) is 46.9 Å². The standard InChI is InChI=1S/C18H24N4O/c1-3-13-5-4-6-14(9-13)10-19-16-7-8-17(23)21-18(16)15-11-20-22(2)12-15/h4-6,9,11-12,16,18-19H,3,7-8,10H2,1-2H3,(H,21,23)/t16-,18+/m1/s1. The fraction of sp³-hybridized carbons (Fsp3) is 0.444. The molecule has 1 aromatic heterocycles. The van der Waals surface area contributed by atoms with Crippen LogP contribution in [0.5, 0.6) is 0 Å². The second kappa shape index (κ2) is 6.96. The first-order valence-corrected chi connectivity index (χ1v) is 8.25. The number of aryl methyl sites for hydroxylation is 2. The lowest BCUT2D eigenvalue weighted by molar-refractivity contribution is -0.123. The quantitative estimate of drug-likeness (QED) is 0.889. The van der Waals surface area contributed by atoms with Crippen molar-refractivity contribution in [3.05, 3.63) is 53.3 Å². The smallest absolute Gasteiger partial charge is 0.220 e. The topological polar surface area (TPSA) is 59.0 Å². The lowest BCUT2D eigenvalue weighted by Gasteiger charge is -2.32. The zero-order chi connectivity index (χ0) is 16.2. The van der Waals surface area contributed by atoms with Crippen LogP contribution < -0.4 is 10.6 Å². The van der Waals surface area contributed by atoms with Crippen LogP contribution in [0.25, 0.3) is 0 Å². The van der Waals surface area contributed by atoms with Crippen LogP contribution in [-0.2, 0) is 24.8 Å². The summed E-state index contributed by atoms with van der Waals surface area (Å²) in [6.07, 6.45) is 6.28. The maximum Gasteiger partial charge on any atom is 0.220 e. The van der Waals surface area contributed by atoms with E-state index in [9.17, 15) is 4.79 Å². The van der Waals surface area contributed by atoms with Gasteiger partial charge in [0.25, 0.3) is 0 Å². The lowest BCUT2D eigenvalue weighted by atomic mass is 9.93. The number of hydrogen-bond acceptors (Lipinski definition) is 3. The van der Waals surface area contributed by atoms with Gasteiger partial charge < -0.3 is 10.6 Å². The van der Waals surface area contributed by atoms with Crippen LogP contribution in [-0.4, -0.2) is 21.7 Å². The van der Waals surface area contributed by atoms with E-state index in [0.717, 1.165) is 24.9 Å². The second-order valence-electron chi connectivity index (χ2n) is 6.19. The summed E-state index contributed by atoms with van der Waals surface area (Å²) in [4.78, 5) is 11.8. The third kappa shape index (κ3) is 3.79. The number of hydrogen-bond donors (Lipinski definition) is 2. The number of carbonyl (C=O) groups is 1. The molecule has 23 heavy (non-hydrogen) atoms. The first-order valence-electron chi connectivity index (χ1n) is 8.25. The molecule has 1 fully saturated rings. The molecule has 3 rings (SSSR count). The molecule has 0 spiro atoms. The SMILES string of the molecule is CCc1cccc(CN[C@@H]2CCC(=O)N[C@H]2c2cnn(C)c2)c1. The number of aromatic nitrogens is 2. The molecule has 1 aromatic carbocycles. The average Bonchev–Trinajstić information content (AvgIpc) is 3.00. The number of piperidine rings is 1. The Morgan fingerprint density at radius 1 is 1.39 bits per heavy atom. The van der Waals surface area contributed by atoms with Gasteiger partial charge in [-0.05, 0) is 24.0 Å². The summed E-state index contributed by atoms with van der Waals surface area (Å²) < 4.78 is 1.78. The fourth-order valence-electron chi connectivity index (χ4n) is 3.14.